The number of alkyl halides is 1. The minimum absolute atomic E-state index is 0.184. The quantitative estimate of drug-likeness (QED) is 0.916. The van der Waals surface area contributed by atoms with Crippen LogP contribution in [0.25, 0.3) is 11.0 Å². The number of pyridine rings is 1. The van der Waals surface area contributed by atoms with E-state index in [2.05, 4.69) is 14.5 Å². The van der Waals surface area contributed by atoms with Gasteiger partial charge in [0.15, 0.2) is 5.82 Å². The van der Waals surface area contributed by atoms with Crippen LogP contribution in [0.4, 0.5) is 10.2 Å². The van der Waals surface area contributed by atoms with Gasteiger partial charge in [0.05, 0.1) is 11.6 Å². The molecule has 0 aromatic carbocycles. The molecule has 2 aromatic heterocycles. The molecule has 0 aliphatic carbocycles. The average molecular weight is 276 g/mol. The van der Waals surface area contributed by atoms with Crippen molar-refractivity contribution in [3.05, 3.63) is 17.1 Å². The molecule has 108 valence electrons. The van der Waals surface area contributed by atoms with Crippen molar-refractivity contribution in [1.82, 2.24) is 14.5 Å². The van der Waals surface area contributed by atoms with Gasteiger partial charge in [-0.3, -0.25) is 0 Å². The van der Waals surface area contributed by atoms with E-state index in [1.807, 2.05) is 13.8 Å². The van der Waals surface area contributed by atoms with Gasteiger partial charge in [-0.15, -0.1) is 0 Å². The number of aryl methyl sites for hydroxylation is 3. The number of nitrogen functional groups attached to an aromatic ring is 1. The molecule has 0 saturated carbocycles. The third-order valence-corrected chi connectivity index (χ3v) is 4.33. The number of rotatable bonds is 2. The topological polar surface area (TPSA) is 56.7 Å². The van der Waals surface area contributed by atoms with E-state index in [9.17, 15) is 4.39 Å². The van der Waals surface area contributed by atoms with Crippen molar-refractivity contribution in [2.75, 3.05) is 5.73 Å². The number of halogens is 1. The van der Waals surface area contributed by atoms with E-state index in [1.165, 1.54) is 5.56 Å². The molecule has 1 atom stereocenters. The third-order valence-electron chi connectivity index (χ3n) is 4.33. The van der Waals surface area contributed by atoms with Crippen LogP contribution in [-0.2, 0) is 12.8 Å². The van der Waals surface area contributed by atoms with E-state index in [4.69, 9.17) is 5.73 Å². The summed E-state index contributed by atoms with van der Waals surface area (Å²) in [6.45, 7) is 7.30. The van der Waals surface area contributed by atoms with Crippen molar-refractivity contribution in [2.45, 2.75) is 58.7 Å². The van der Waals surface area contributed by atoms with Gasteiger partial charge in [0.1, 0.15) is 17.0 Å². The maximum Gasteiger partial charge on any atom is 0.151 e. The summed E-state index contributed by atoms with van der Waals surface area (Å²) in [6, 6.07) is -0.184. The van der Waals surface area contributed by atoms with E-state index in [0.717, 1.165) is 41.8 Å². The predicted octanol–water partition coefficient (Wildman–Crippen LogP) is 3.12. The van der Waals surface area contributed by atoms with Crippen LogP contribution in [-0.4, -0.2) is 20.2 Å². The highest BCUT2D eigenvalue weighted by Gasteiger charge is 2.37. The first-order valence-corrected chi connectivity index (χ1v) is 7.19. The largest absolute Gasteiger partial charge is 0.382 e. The van der Waals surface area contributed by atoms with Crippen LogP contribution in [0, 0.1) is 6.92 Å². The molecule has 2 N–H and O–H groups in total. The van der Waals surface area contributed by atoms with E-state index < -0.39 is 5.67 Å². The second-order valence-electron chi connectivity index (χ2n) is 6.13. The molecule has 20 heavy (non-hydrogen) atoms. The molecule has 3 rings (SSSR count). The predicted molar refractivity (Wildman–Crippen MR) is 78.6 cm³/mol. The van der Waals surface area contributed by atoms with E-state index in [-0.39, 0.29) is 6.04 Å². The molecule has 0 saturated heterocycles. The van der Waals surface area contributed by atoms with Gasteiger partial charge in [0.25, 0.3) is 0 Å². The summed E-state index contributed by atoms with van der Waals surface area (Å²) >= 11 is 0. The molecule has 0 spiro atoms. The van der Waals surface area contributed by atoms with Crippen molar-refractivity contribution in [3.8, 4) is 0 Å². The fourth-order valence-corrected chi connectivity index (χ4v) is 3.36. The zero-order valence-electron chi connectivity index (χ0n) is 12.5. The third kappa shape index (κ3) is 1.72. The Balaban J connectivity index is 2.40. The number of nitrogens with two attached hydrogens (primary N) is 1. The lowest BCUT2D eigenvalue weighted by atomic mass is 9.89. The molecule has 0 fully saturated rings. The molecule has 0 bridgehead atoms. The standard InChI is InChI=1S/C15H21FN4/c1-5-11-19-12-13-9(8(2)18-14(12)17)6-7-10(20(11)13)15(3,4)16/h10H,5-7H2,1-4H3,(H2,17,18). The van der Waals surface area contributed by atoms with Crippen molar-refractivity contribution in [1.29, 1.82) is 0 Å². The molecule has 5 heteroatoms. The number of imidazole rings is 1. The monoisotopic (exact) mass is 276 g/mol. The Hall–Kier alpha value is -1.65. The minimum Gasteiger partial charge on any atom is -0.382 e. The Bertz CT molecular complexity index is 681. The molecule has 1 aliphatic rings. The first kappa shape index (κ1) is 13.3. The summed E-state index contributed by atoms with van der Waals surface area (Å²) in [5, 5.41) is 0. The van der Waals surface area contributed by atoms with E-state index in [0.29, 0.717) is 5.82 Å². The zero-order valence-corrected chi connectivity index (χ0v) is 12.5. The maximum atomic E-state index is 14.6. The average Bonchev–Trinajstić information content (AvgIpc) is 2.74. The zero-order chi connectivity index (χ0) is 14.7. The van der Waals surface area contributed by atoms with Crippen LogP contribution in [0.3, 0.4) is 0 Å². The van der Waals surface area contributed by atoms with Crippen LogP contribution >= 0.6 is 0 Å². The summed E-state index contributed by atoms with van der Waals surface area (Å²) < 4.78 is 16.7. The molecule has 0 radical (unpaired) electrons. The highest BCUT2D eigenvalue weighted by atomic mass is 19.1. The first-order chi connectivity index (χ1) is 9.34. The lowest BCUT2D eigenvalue weighted by Crippen LogP contribution is -2.33. The minimum atomic E-state index is -1.28. The molecule has 2 aromatic rings. The Labute approximate surface area is 118 Å². The Morgan fingerprint density at radius 2 is 2.10 bits per heavy atom. The fourth-order valence-electron chi connectivity index (χ4n) is 3.36. The number of hydrogen-bond donors (Lipinski definition) is 1. The summed E-state index contributed by atoms with van der Waals surface area (Å²) in [5.41, 5.74) is 8.57. The molecule has 1 unspecified atom stereocenters. The van der Waals surface area contributed by atoms with Crippen LogP contribution in [0.1, 0.15) is 50.3 Å². The molecule has 3 heterocycles. The van der Waals surface area contributed by atoms with Crippen molar-refractivity contribution < 1.29 is 4.39 Å². The Kier molecular flexibility index (Phi) is 2.78. The smallest absolute Gasteiger partial charge is 0.151 e. The molecule has 0 amide bonds. The van der Waals surface area contributed by atoms with Gasteiger partial charge in [-0.2, -0.15) is 0 Å². The number of anilines is 1. The maximum absolute atomic E-state index is 14.6. The Morgan fingerprint density at radius 3 is 2.70 bits per heavy atom. The van der Waals surface area contributed by atoms with E-state index in [1.54, 1.807) is 13.8 Å². The van der Waals surface area contributed by atoms with Gasteiger partial charge >= 0.3 is 0 Å². The number of nitrogens with zero attached hydrogens (tertiary/aromatic N) is 3. The lowest BCUT2D eigenvalue weighted by molar-refractivity contribution is 0.120. The van der Waals surface area contributed by atoms with Gasteiger partial charge in [-0.1, -0.05) is 6.92 Å². The second-order valence-corrected chi connectivity index (χ2v) is 6.13. The Morgan fingerprint density at radius 1 is 1.40 bits per heavy atom. The fraction of sp³-hybridized carbons (Fsp3) is 0.600. The van der Waals surface area contributed by atoms with Crippen LogP contribution in [0.15, 0.2) is 0 Å². The summed E-state index contributed by atoms with van der Waals surface area (Å²) in [7, 11) is 0. The number of hydrogen-bond acceptors (Lipinski definition) is 3. The van der Waals surface area contributed by atoms with Crippen molar-refractivity contribution in [2.24, 2.45) is 0 Å². The van der Waals surface area contributed by atoms with Gasteiger partial charge < -0.3 is 10.3 Å². The lowest BCUT2D eigenvalue weighted by Gasteiger charge is -2.34. The van der Waals surface area contributed by atoms with Gasteiger partial charge in [0, 0.05) is 12.1 Å². The first-order valence-electron chi connectivity index (χ1n) is 7.19. The normalized spacial score (nSPS) is 18.8. The molecular weight excluding hydrogens is 255 g/mol. The highest BCUT2D eigenvalue weighted by Crippen LogP contribution is 2.41. The highest BCUT2D eigenvalue weighted by molar-refractivity contribution is 5.89. The van der Waals surface area contributed by atoms with E-state index >= 15 is 0 Å². The van der Waals surface area contributed by atoms with Crippen LogP contribution in [0.2, 0.25) is 0 Å². The van der Waals surface area contributed by atoms with Crippen LogP contribution < -0.4 is 5.73 Å². The molecule has 1 aliphatic heterocycles. The summed E-state index contributed by atoms with van der Waals surface area (Å²) in [5.74, 6) is 1.35. The molecule has 4 nitrogen and oxygen atoms in total. The van der Waals surface area contributed by atoms with Gasteiger partial charge in [0.2, 0.25) is 0 Å². The van der Waals surface area contributed by atoms with Gasteiger partial charge in [-0.05, 0) is 39.2 Å². The summed E-state index contributed by atoms with van der Waals surface area (Å²) in [4.78, 5) is 9.01. The number of aromatic nitrogens is 3. The second kappa shape index (κ2) is 4.17. The summed E-state index contributed by atoms with van der Waals surface area (Å²) in [6.07, 6.45) is 2.38. The molecular formula is C15H21FN4. The van der Waals surface area contributed by atoms with Crippen molar-refractivity contribution in [3.63, 3.8) is 0 Å². The van der Waals surface area contributed by atoms with Crippen molar-refractivity contribution >= 4 is 16.9 Å². The van der Waals surface area contributed by atoms with Crippen LogP contribution in [0.5, 0.6) is 0 Å². The SMILES string of the molecule is CCc1nc2c(N)nc(C)c3c2n1C(C(C)(C)F)CC3. The van der Waals surface area contributed by atoms with Gasteiger partial charge in [-0.25, -0.2) is 14.4 Å².